The largest absolute Gasteiger partial charge is 0.495 e. The topological polar surface area (TPSA) is 165 Å². The molecule has 1 aromatic heterocycles. The van der Waals surface area contributed by atoms with E-state index in [-0.39, 0.29) is 84.1 Å². The second kappa shape index (κ2) is 17.1. The summed E-state index contributed by atoms with van der Waals surface area (Å²) in [6, 6.07) is 11.9. The van der Waals surface area contributed by atoms with E-state index in [1.807, 2.05) is 26.8 Å². The summed E-state index contributed by atoms with van der Waals surface area (Å²) in [6.45, 7) is 7.42. The van der Waals surface area contributed by atoms with Gasteiger partial charge in [-0.1, -0.05) is 44.5 Å². The molecular weight excluding hydrogens is 896 g/mol. The number of piperazine rings is 1. The molecule has 9 rings (SSSR count). The molecule has 1 unspecified atom stereocenters. The van der Waals surface area contributed by atoms with Crippen LogP contribution >= 0.6 is 11.6 Å². The van der Waals surface area contributed by atoms with Gasteiger partial charge in [-0.3, -0.25) is 34.3 Å². The van der Waals surface area contributed by atoms with Gasteiger partial charge in [-0.05, 0) is 77.9 Å². The molecule has 1 spiro atoms. The number of hydrogen-bond donors (Lipinski definition) is 4. The number of piperidine rings is 1. The van der Waals surface area contributed by atoms with Gasteiger partial charge in [0.25, 0.3) is 11.8 Å². The van der Waals surface area contributed by atoms with Gasteiger partial charge in [0.05, 0.1) is 27.9 Å². The zero-order valence-corrected chi connectivity index (χ0v) is 37.4. The van der Waals surface area contributed by atoms with Crippen molar-refractivity contribution in [1.29, 1.82) is 0 Å². The minimum absolute atomic E-state index is 0.00248. The van der Waals surface area contributed by atoms with Crippen LogP contribution in [0.25, 0.3) is 0 Å². The summed E-state index contributed by atoms with van der Waals surface area (Å²) in [4.78, 5) is 75.3. The molecule has 5 atom stereocenters. The third-order valence-electron chi connectivity index (χ3n) is 13.6. The van der Waals surface area contributed by atoms with Gasteiger partial charge in [0.1, 0.15) is 23.3 Å². The van der Waals surface area contributed by atoms with Crippen LogP contribution in [0.3, 0.4) is 0 Å². The Hall–Kier alpha value is -6.27. The lowest BCUT2D eigenvalue weighted by Crippen LogP contribution is -2.52. The Kier molecular flexibility index (Phi) is 10.8. The lowest BCUT2D eigenvalue weighted by Gasteiger charge is -2.39. The van der Waals surface area contributed by atoms with Crippen molar-refractivity contribution < 1.29 is 50.4 Å². The highest BCUT2D eigenvalue weighted by Gasteiger charge is 2.62. The molecule has 0 radical (unpaired) electrons. The molecule has 19 heteroatoms. The van der Waals surface area contributed by atoms with Crippen LogP contribution < -0.4 is 30.9 Å². The van der Waals surface area contributed by atoms with Crippen molar-refractivity contribution in [2.45, 2.75) is 82.2 Å². The predicted octanol–water partition coefficient (Wildman–Crippen LogP) is 6.49. The fourth-order valence-electron chi connectivity index (χ4n) is 10.5. The summed E-state index contributed by atoms with van der Waals surface area (Å²) < 4.78 is 87.4. The highest BCUT2D eigenvalue weighted by atomic mass is 35.5. The third-order valence-corrected chi connectivity index (χ3v) is 13.9. The first-order valence-corrected chi connectivity index (χ1v) is 22.3. The molecule has 4 N–H and O–H groups in total. The quantitative estimate of drug-likeness (QED) is 0.113. The van der Waals surface area contributed by atoms with Crippen LogP contribution in [0.15, 0.2) is 66.9 Å². The van der Waals surface area contributed by atoms with Crippen LogP contribution in [0.2, 0.25) is 5.02 Å². The smallest absolute Gasteiger partial charge is 0.433 e. The maximum atomic E-state index is 16.4. The van der Waals surface area contributed by atoms with Crippen LogP contribution in [-0.2, 0) is 32.5 Å². The number of rotatable bonds is 8. The summed E-state index contributed by atoms with van der Waals surface area (Å²) in [7, 11) is -3.03. The van der Waals surface area contributed by atoms with E-state index in [1.165, 1.54) is 41.3 Å². The van der Waals surface area contributed by atoms with Crippen LogP contribution in [-0.4, -0.2) is 102 Å². The lowest BCUT2D eigenvalue weighted by atomic mass is 9.63. The Morgan fingerprint density at radius 2 is 1.81 bits per heavy atom. The van der Waals surface area contributed by atoms with Crippen molar-refractivity contribution in [3.63, 3.8) is 0 Å². The van der Waals surface area contributed by atoms with Crippen LogP contribution in [0, 0.1) is 11.2 Å². The van der Waals surface area contributed by atoms with Gasteiger partial charge in [-0.2, -0.15) is 13.2 Å². The van der Waals surface area contributed by atoms with Gasteiger partial charge >= 0.3 is 6.18 Å². The number of nitrogens with one attached hydrogen (secondary N) is 4. The van der Waals surface area contributed by atoms with E-state index < -0.39 is 77.3 Å². The number of carbonyl (C=O) groups excluding carboxylic acids is 5. The summed E-state index contributed by atoms with van der Waals surface area (Å²) >= 11 is 6.35. The van der Waals surface area contributed by atoms with E-state index in [0.717, 1.165) is 23.5 Å². The van der Waals surface area contributed by atoms with Gasteiger partial charge < -0.3 is 35.4 Å². The first-order chi connectivity index (χ1) is 32.9. The Balaban J connectivity index is 0.960. The Morgan fingerprint density at radius 1 is 1.03 bits per heavy atom. The minimum Gasteiger partial charge on any atom is -0.495 e. The lowest BCUT2D eigenvalue weighted by molar-refractivity contribution is -0.141. The van der Waals surface area contributed by atoms with Crippen molar-refractivity contribution in [1.82, 2.24) is 25.4 Å². The number of benzene rings is 3. The standard InChI is InChI=1S/C48H49ClF4N8O6/c1-46(2,3)21-37-47(24-55-33-20-36(48(51,52)53)54-22-30(33)47)39(29-6-5-7-31(49)40(29)50)41(57-37)43(64)56-32-11-8-25(19-35(32)67-4)44(65)60-16-14-59(15-17-60)27-9-10-28-26(18-27)23-61(45(28)66)34-12-13-38(62)58-42(34)63/h5-11,18-20,22,34,37,39,41,55,57H,12-17,21,23-24H2,1-4H3,(H,56,64)(H,58,62,63)/t34?,37-,39-,41+,47-/m0/s1/i4D3. The number of fused-ring (bicyclic) bond motifs is 3. The van der Waals surface area contributed by atoms with Gasteiger partial charge in [0, 0.05) is 97.3 Å². The van der Waals surface area contributed by atoms with Crippen LogP contribution in [0.1, 0.15) is 93.2 Å². The molecule has 5 aliphatic heterocycles. The molecule has 5 amide bonds. The number of carbonyl (C=O) groups is 5. The van der Waals surface area contributed by atoms with Crippen LogP contribution in [0.4, 0.5) is 34.6 Å². The molecule has 0 aliphatic carbocycles. The summed E-state index contributed by atoms with van der Waals surface area (Å²) in [5.74, 6) is -4.63. The number of pyridine rings is 1. The monoisotopic (exact) mass is 947 g/mol. The second-order valence-corrected chi connectivity index (χ2v) is 19.3. The molecule has 3 saturated heterocycles. The predicted molar refractivity (Wildman–Crippen MR) is 241 cm³/mol. The van der Waals surface area contributed by atoms with Gasteiger partial charge in [0.15, 0.2) is 0 Å². The first kappa shape index (κ1) is 42.1. The Morgan fingerprint density at radius 3 is 2.52 bits per heavy atom. The molecule has 14 nitrogen and oxygen atoms in total. The number of hydrogen-bond acceptors (Lipinski definition) is 10. The number of methoxy groups -OCH3 is 1. The summed E-state index contributed by atoms with van der Waals surface area (Å²) in [5.41, 5.74) is -0.334. The number of anilines is 3. The minimum atomic E-state index is -4.75. The Labute approximate surface area is 392 Å². The number of imide groups is 1. The van der Waals surface area contributed by atoms with E-state index in [0.29, 0.717) is 30.6 Å². The zero-order chi connectivity index (χ0) is 50.2. The zero-order valence-electron chi connectivity index (χ0n) is 39.7. The average molecular weight is 948 g/mol. The number of ether oxygens (including phenoxy) is 1. The molecule has 0 saturated carbocycles. The number of amides is 5. The molecule has 4 aromatic rings. The maximum absolute atomic E-state index is 16.4. The first-order valence-electron chi connectivity index (χ1n) is 23.4. The van der Waals surface area contributed by atoms with Crippen molar-refractivity contribution in [2.24, 2.45) is 5.41 Å². The number of halogens is 5. The van der Waals surface area contributed by atoms with Crippen molar-refractivity contribution in [2.75, 3.05) is 55.3 Å². The van der Waals surface area contributed by atoms with Crippen LogP contribution in [0.5, 0.6) is 5.75 Å². The fourth-order valence-corrected chi connectivity index (χ4v) is 10.7. The highest BCUT2D eigenvalue weighted by Crippen LogP contribution is 2.57. The SMILES string of the molecule is [2H]C([2H])([2H])Oc1cc(C(=O)N2CCN(c3ccc4c(c3)CN(C3CCC(=O)NC3=O)C4=O)CC2)ccc1NC(=O)[C@@H]1N[C@@H](CC(C)(C)C)[C@@]2(CNc3cc(C(F)(F)F)ncc32)[C@H]1c1cccc(Cl)c1F. The molecule has 0 bridgehead atoms. The molecule has 3 aromatic carbocycles. The third kappa shape index (κ3) is 8.31. The van der Waals surface area contributed by atoms with Gasteiger partial charge in [-0.15, -0.1) is 0 Å². The average Bonchev–Trinajstić information content (AvgIpc) is 3.94. The van der Waals surface area contributed by atoms with Gasteiger partial charge in [-0.25, -0.2) is 4.39 Å². The van der Waals surface area contributed by atoms with E-state index in [4.69, 9.17) is 20.5 Å². The molecule has 67 heavy (non-hydrogen) atoms. The number of nitrogens with zero attached hydrogens (tertiary/aromatic N) is 4. The molecular formula is C48H49ClF4N8O6. The van der Waals surface area contributed by atoms with Crippen molar-refractivity contribution in [3.05, 3.63) is 111 Å². The van der Waals surface area contributed by atoms with Gasteiger partial charge in [0.2, 0.25) is 17.7 Å². The van der Waals surface area contributed by atoms with Crippen molar-refractivity contribution in [3.8, 4) is 5.75 Å². The number of aromatic nitrogens is 1. The van der Waals surface area contributed by atoms with E-state index >= 15 is 4.39 Å². The summed E-state index contributed by atoms with van der Waals surface area (Å²) in [5, 5.41) is 11.3. The molecule has 352 valence electrons. The molecule has 3 fully saturated rings. The highest BCUT2D eigenvalue weighted by molar-refractivity contribution is 6.30. The second-order valence-electron chi connectivity index (χ2n) is 18.9. The fraction of sp³-hybridized carbons (Fsp3) is 0.417. The molecule has 6 heterocycles. The normalized spacial score (nSPS) is 24.7. The van der Waals surface area contributed by atoms with E-state index in [1.54, 1.807) is 17.0 Å². The number of alkyl halides is 3. The van der Waals surface area contributed by atoms with E-state index in [2.05, 4.69) is 31.2 Å². The van der Waals surface area contributed by atoms with Crippen molar-refractivity contribution >= 4 is 58.2 Å². The maximum Gasteiger partial charge on any atom is 0.433 e. The Bertz CT molecular complexity index is 2820. The summed E-state index contributed by atoms with van der Waals surface area (Å²) in [6.07, 6.45) is -2.87. The molecule has 5 aliphatic rings. The van der Waals surface area contributed by atoms with E-state index in [9.17, 15) is 37.1 Å².